The highest BCUT2D eigenvalue weighted by Gasteiger charge is 2.09. The van der Waals surface area contributed by atoms with Crippen molar-refractivity contribution < 1.29 is 9.59 Å². The lowest BCUT2D eigenvalue weighted by Crippen LogP contribution is -2.33. The Morgan fingerprint density at radius 1 is 1.00 bits per heavy atom. The topological polar surface area (TPSA) is 58.2 Å². The number of anilines is 1. The van der Waals surface area contributed by atoms with Gasteiger partial charge in [-0.15, -0.1) is 0 Å². The fourth-order valence-corrected chi connectivity index (χ4v) is 2.86. The van der Waals surface area contributed by atoms with Gasteiger partial charge in [0.15, 0.2) is 0 Å². The molecule has 0 aliphatic carbocycles. The fraction of sp³-hybridized carbons (Fsp3) is 0.263. The van der Waals surface area contributed by atoms with E-state index in [1.54, 1.807) is 0 Å². The zero-order chi connectivity index (χ0) is 17.5. The molecule has 0 saturated heterocycles. The lowest BCUT2D eigenvalue weighted by molar-refractivity contribution is -0.124. The van der Waals surface area contributed by atoms with Crippen molar-refractivity contribution in [1.82, 2.24) is 5.32 Å². The molecule has 0 unspecified atom stereocenters. The summed E-state index contributed by atoms with van der Waals surface area (Å²) in [5, 5.41) is 5.52. The molecule has 0 spiro atoms. The number of aryl methyl sites for hydroxylation is 3. The Morgan fingerprint density at radius 3 is 2.33 bits per heavy atom. The zero-order valence-corrected chi connectivity index (χ0v) is 15.4. The van der Waals surface area contributed by atoms with Gasteiger partial charge in [-0.3, -0.25) is 9.59 Å². The zero-order valence-electron chi connectivity index (χ0n) is 13.9. The first-order chi connectivity index (χ1) is 11.5. The van der Waals surface area contributed by atoms with E-state index in [-0.39, 0.29) is 18.4 Å². The SMILES string of the molecule is Cc1cccc(C)c1NC(=O)CNC(=O)CCc1cccc(Br)c1. The van der Waals surface area contributed by atoms with Gasteiger partial charge in [-0.25, -0.2) is 0 Å². The molecule has 24 heavy (non-hydrogen) atoms. The molecule has 0 aromatic heterocycles. The molecule has 126 valence electrons. The molecule has 2 N–H and O–H groups in total. The third-order valence-corrected chi connectivity index (χ3v) is 4.21. The van der Waals surface area contributed by atoms with Gasteiger partial charge < -0.3 is 10.6 Å². The lowest BCUT2D eigenvalue weighted by Gasteiger charge is -2.12. The van der Waals surface area contributed by atoms with Gasteiger partial charge in [0.05, 0.1) is 6.54 Å². The molecule has 2 amide bonds. The normalized spacial score (nSPS) is 10.3. The number of carbonyl (C=O) groups is 2. The third kappa shape index (κ3) is 5.49. The van der Waals surface area contributed by atoms with Crippen molar-refractivity contribution >= 4 is 33.4 Å². The van der Waals surface area contributed by atoms with Gasteiger partial charge in [0.1, 0.15) is 0 Å². The minimum absolute atomic E-state index is 0.0227. The molecule has 2 aromatic rings. The standard InChI is InChI=1S/C19H21BrN2O2/c1-13-5-3-6-14(2)19(13)22-18(24)12-21-17(23)10-9-15-7-4-8-16(20)11-15/h3-8,11H,9-10,12H2,1-2H3,(H,21,23)(H,22,24). The van der Waals surface area contributed by atoms with Gasteiger partial charge >= 0.3 is 0 Å². The second-order valence-electron chi connectivity index (χ2n) is 5.72. The Kier molecular flexibility index (Phi) is 6.55. The van der Waals surface area contributed by atoms with Crippen molar-refractivity contribution in [2.24, 2.45) is 0 Å². The number of benzene rings is 2. The minimum Gasteiger partial charge on any atom is -0.347 e. The number of hydrogen-bond acceptors (Lipinski definition) is 2. The lowest BCUT2D eigenvalue weighted by atomic mass is 10.1. The average molecular weight is 389 g/mol. The Hall–Kier alpha value is -2.14. The van der Waals surface area contributed by atoms with Gasteiger partial charge in [0, 0.05) is 16.6 Å². The summed E-state index contributed by atoms with van der Waals surface area (Å²) in [6.07, 6.45) is 0.997. The maximum absolute atomic E-state index is 12.0. The van der Waals surface area contributed by atoms with E-state index in [4.69, 9.17) is 0 Å². The monoisotopic (exact) mass is 388 g/mol. The van der Waals surface area contributed by atoms with Crippen LogP contribution >= 0.6 is 15.9 Å². The van der Waals surface area contributed by atoms with Gasteiger partial charge in [-0.2, -0.15) is 0 Å². The van der Waals surface area contributed by atoms with Gasteiger partial charge in [-0.1, -0.05) is 46.3 Å². The first-order valence-corrected chi connectivity index (χ1v) is 8.62. The van der Waals surface area contributed by atoms with Gasteiger partial charge in [-0.05, 0) is 49.1 Å². The minimum atomic E-state index is -0.219. The Bertz CT molecular complexity index is 724. The van der Waals surface area contributed by atoms with Crippen LogP contribution in [0.1, 0.15) is 23.1 Å². The summed E-state index contributed by atoms with van der Waals surface area (Å²) in [5.74, 6) is -0.352. The largest absolute Gasteiger partial charge is 0.347 e. The van der Waals surface area contributed by atoms with Crippen LogP contribution in [-0.2, 0) is 16.0 Å². The summed E-state index contributed by atoms with van der Waals surface area (Å²) in [6.45, 7) is 3.86. The van der Waals surface area contributed by atoms with Crippen LogP contribution in [0.5, 0.6) is 0 Å². The molecule has 0 bridgehead atoms. The first-order valence-electron chi connectivity index (χ1n) is 7.83. The maximum Gasteiger partial charge on any atom is 0.243 e. The van der Waals surface area contributed by atoms with Crippen LogP contribution in [0.15, 0.2) is 46.9 Å². The predicted molar refractivity (Wildman–Crippen MR) is 100 cm³/mol. The van der Waals surface area contributed by atoms with Crippen LogP contribution in [0.3, 0.4) is 0 Å². The summed E-state index contributed by atoms with van der Waals surface area (Å²) in [6, 6.07) is 13.7. The molecular formula is C19H21BrN2O2. The van der Waals surface area contributed by atoms with Crippen LogP contribution in [0.4, 0.5) is 5.69 Å². The van der Waals surface area contributed by atoms with E-state index in [0.717, 1.165) is 26.9 Å². The molecule has 0 saturated carbocycles. The van der Waals surface area contributed by atoms with Gasteiger partial charge in [0.2, 0.25) is 11.8 Å². The van der Waals surface area contributed by atoms with Crippen molar-refractivity contribution in [2.75, 3.05) is 11.9 Å². The van der Waals surface area contributed by atoms with E-state index in [1.807, 2.05) is 56.3 Å². The molecule has 4 nitrogen and oxygen atoms in total. The number of para-hydroxylation sites is 1. The molecule has 0 aliphatic heterocycles. The number of amides is 2. The molecule has 5 heteroatoms. The summed E-state index contributed by atoms with van der Waals surface area (Å²) in [4.78, 5) is 23.9. The van der Waals surface area contributed by atoms with Crippen molar-refractivity contribution in [2.45, 2.75) is 26.7 Å². The summed E-state index contributed by atoms with van der Waals surface area (Å²) in [7, 11) is 0. The van der Waals surface area contributed by atoms with Crippen LogP contribution < -0.4 is 10.6 Å². The number of carbonyl (C=O) groups excluding carboxylic acids is 2. The Balaban J connectivity index is 1.78. The van der Waals surface area contributed by atoms with Crippen LogP contribution in [0.2, 0.25) is 0 Å². The van der Waals surface area contributed by atoms with Crippen molar-refractivity contribution in [3.05, 3.63) is 63.6 Å². The van der Waals surface area contributed by atoms with Crippen LogP contribution in [-0.4, -0.2) is 18.4 Å². The number of hydrogen-bond donors (Lipinski definition) is 2. The number of nitrogens with one attached hydrogen (secondary N) is 2. The smallest absolute Gasteiger partial charge is 0.243 e. The molecule has 2 aromatic carbocycles. The predicted octanol–water partition coefficient (Wildman–Crippen LogP) is 3.75. The quantitative estimate of drug-likeness (QED) is 0.791. The highest BCUT2D eigenvalue weighted by molar-refractivity contribution is 9.10. The number of rotatable bonds is 6. The van der Waals surface area contributed by atoms with E-state index in [0.29, 0.717) is 12.8 Å². The van der Waals surface area contributed by atoms with Crippen molar-refractivity contribution in [3.63, 3.8) is 0 Å². The second-order valence-corrected chi connectivity index (χ2v) is 6.64. The first kappa shape index (κ1) is 18.2. The summed E-state index contributed by atoms with van der Waals surface area (Å²) in [5.41, 5.74) is 3.90. The Labute approximate surface area is 150 Å². The second kappa shape index (κ2) is 8.64. The van der Waals surface area contributed by atoms with Gasteiger partial charge in [0.25, 0.3) is 0 Å². The van der Waals surface area contributed by atoms with E-state index >= 15 is 0 Å². The van der Waals surface area contributed by atoms with E-state index in [2.05, 4.69) is 26.6 Å². The van der Waals surface area contributed by atoms with Crippen molar-refractivity contribution in [1.29, 1.82) is 0 Å². The van der Waals surface area contributed by atoms with E-state index in [9.17, 15) is 9.59 Å². The molecule has 0 atom stereocenters. The van der Waals surface area contributed by atoms with Crippen LogP contribution in [0.25, 0.3) is 0 Å². The summed E-state index contributed by atoms with van der Waals surface area (Å²) < 4.78 is 0.994. The fourth-order valence-electron chi connectivity index (χ4n) is 2.41. The molecular weight excluding hydrogens is 368 g/mol. The van der Waals surface area contributed by atoms with E-state index < -0.39 is 0 Å². The third-order valence-electron chi connectivity index (χ3n) is 3.72. The number of halogens is 1. The Morgan fingerprint density at radius 2 is 1.67 bits per heavy atom. The molecule has 2 rings (SSSR count). The summed E-state index contributed by atoms with van der Waals surface area (Å²) >= 11 is 3.41. The molecule has 0 fully saturated rings. The molecule has 0 aliphatic rings. The maximum atomic E-state index is 12.0. The molecule has 0 heterocycles. The van der Waals surface area contributed by atoms with E-state index in [1.165, 1.54) is 0 Å². The van der Waals surface area contributed by atoms with Crippen molar-refractivity contribution in [3.8, 4) is 0 Å². The average Bonchev–Trinajstić information content (AvgIpc) is 2.54. The van der Waals surface area contributed by atoms with Crippen LogP contribution in [0, 0.1) is 13.8 Å². The highest BCUT2D eigenvalue weighted by Crippen LogP contribution is 2.19. The highest BCUT2D eigenvalue weighted by atomic mass is 79.9. The molecule has 0 radical (unpaired) electrons.